The van der Waals surface area contributed by atoms with Gasteiger partial charge in [0.2, 0.25) is 17.7 Å². The fraction of sp³-hybridized carbons (Fsp3) is 0.579. The molecule has 0 unspecified atom stereocenters. The van der Waals surface area contributed by atoms with Crippen molar-refractivity contribution < 1.29 is 14.4 Å². The average molecular weight is 356 g/mol. The average Bonchev–Trinajstić information content (AvgIpc) is 3.43. The summed E-state index contributed by atoms with van der Waals surface area (Å²) in [5, 5.41) is 0. The van der Waals surface area contributed by atoms with Gasteiger partial charge in [0.25, 0.3) is 0 Å². The molecule has 7 nitrogen and oxygen atoms in total. The van der Waals surface area contributed by atoms with Crippen molar-refractivity contribution in [1.29, 1.82) is 0 Å². The van der Waals surface area contributed by atoms with E-state index in [0.29, 0.717) is 32.1 Å². The number of amides is 3. The smallest absolute Gasteiger partial charge is 0.243 e. The molecule has 0 radical (unpaired) electrons. The van der Waals surface area contributed by atoms with Crippen LogP contribution in [0.2, 0.25) is 0 Å². The van der Waals surface area contributed by atoms with Crippen molar-refractivity contribution in [3.8, 4) is 0 Å². The molecule has 0 N–H and O–H groups in total. The zero-order valence-corrected chi connectivity index (χ0v) is 15.0. The molecule has 1 aromatic rings. The van der Waals surface area contributed by atoms with E-state index in [1.165, 1.54) is 0 Å². The number of carbonyl (C=O) groups is 3. The van der Waals surface area contributed by atoms with Gasteiger partial charge in [0.05, 0.1) is 18.6 Å². The number of pyridine rings is 1. The minimum absolute atomic E-state index is 0.0192. The van der Waals surface area contributed by atoms with E-state index in [1.54, 1.807) is 22.2 Å². The molecule has 3 aliphatic rings. The Morgan fingerprint density at radius 2 is 1.88 bits per heavy atom. The standard InChI is InChI=1S/C19H24N4O3/c1-2-22-16(24)6-5-15(18(22)13-7-9-20-10-8-13)19(26)21-11-17(25)23(12-21)14-3-4-14/h7-10,14-15,18H,2-6,11-12H2,1H3/t15-,18+/m0/s1. The number of aromatic nitrogens is 1. The van der Waals surface area contributed by atoms with Gasteiger partial charge in [-0.25, -0.2) is 0 Å². The van der Waals surface area contributed by atoms with E-state index < -0.39 is 0 Å². The molecule has 1 saturated carbocycles. The van der Waals surface area contributed by atoms with Crippen LogP contribution in [0.1, 0.15) is 44.2 Å². The fourth-order valence-electron chi connectivity index (χ4n) is 4.21. The SMILES string of the molecule is CCN1C(=O)CC[C@H](C(=O)N2CC(=O)N(C3CC3)C2)[C@H]1c1ccncc1. The Bertz CT molecular complexity index is 719. The highest BCUT2D eigenvalue weighted by atomic mass is 16.2. The molecular formula is C19H24N4O3. The van der Waals surface area contributed by atoms with E-state index >= 15 is 0 Å². The van der Waals surface area contributed by atoms with Crippen LogP contribution in [0.4, 0.5) is 0 Å². The van der Waals surface area contributed by atoms with E-state index in [0.717, 1.165) is 18.4 Å². The largest absolute Gasteiger partial charge is 0.335 e. The molecule has 7 heteroatoms. The van der Waals surface area contributed by atoms with Gasteiger partial charge < -0.3 is 14.7 Å². The third-order valence-electron chi connectivity index (χ3n) is 5.68. The van der Waals surface area contributed by atoms with E-state index in [-0.39, 0.29) is 36.2 Å². The molecule has 1 aliphatic carbocycles. The lowest BCUT2D eigenvalue weighted by Crippen LogP contribution is -2.49. The van der Waals surface area contributed by atoms with Crippen LogP contribution in [0.5, 0.6) is 0 Å². The van der Waals surface area contributed by atoms with E-state index in [2.05, 4.69) is 4.98 Å². The van der Waals surface area contributed by atoms with Crippen molar-refractivity contribution in [1.82, 2.24) is 19.7 Å². The predicted octanol–water partition coefficient (Wildman–Crippen LogP) is 1.17. The normalized spacial score (nSPS) is 26.6. The summed E-state index contributed by atoms with van der Waals surface area (Å²) in [7, 11) is 0. The predicted molar refractivity (Wildman–Crippen MR) is 93.5 cm³/mol. The third-order valence-corrected chi connectivity index (χ3v) is 5.68. The molecule has 2 atom stereocenters. The summed E-state index contributed by atoms with van der Waals surface area (Å²) in [4.78, 5) is 47.3. The van der Waals surface area contributed by atoms with Gasteiger partial charge in [-0.3, -0.25) is 19.4 Å². The molecule has 138 valence electrons. The van der Waals surface area contributed by atoms with Crippen LogP contribution < -0.4 is 0 Å². The molecule has 26 heavy (non-hydrogen) atoms. The van der Waals surface area contributed by atoms with Crippen molar-refractivity contribution >= 4 is 17.7 Å². The number of piperidine rings is 1. The van der Waals surface area contributed by atoms with Crippen molar-refractivity contribution in [2.75, 3.05) is 19.8 Å². The van der Waals surface area contributed by atoms with Gasteiger partial charge in [-0.2, -0.15) is 0 Å². The highest BCUT2D eigenvalue weighted by Crippen LogP contribution is 2.38. The first kappa shape index (κ1) is 17.0. The van der Waals surface area contributed by atoms with Gasteiger partial charge in [0.15, 0.2) is 0 Å². The molecule has 0 bridgehead atoms. The first-order chi connectivity index (χ1) is 12.6. The Morgan fingerprint density at radius 1 is 1.15 bits per heavy atom. The van der Waals surface area contributed by atoms with Crippen LogP contribution in [-0.4, -0.2) is 63.2 Å². The molecule has 3 fully saturated rings. The fourth-order valence-corrected chi connectivity index (χ4v) is 4.21. The second-order valence-electron chi connectivity index (χ2n) is 7.32. The van der Waals surface area contributed by atoms with Gasteiger partial charge in [-0.1, -0.05) is 0 Å². The minimum Gasteiger partial charge on any atom is -0.335 e. The lowest BCUT2D eigenvalue weighted by atomic mass is 9.83. The number of likely N-dealkylation sites (tertiary alicyclic amines) is 1. The topological polar surface area (TPSA) is 73.8 Å². The zero-order valence-electron chi connectivity index (χ0n) is 15.0. The summed E-state index contributed by atoms with van der Waals surface area (Å²) in [6, 6.07) is 3.77. The quantitative estimate of drug-likeness (QED) is 0.812. The van der Waals surface area contributed by atoms with Crippen molar-refractivity contribution in [3.05, 3.63) is 30.1 Å². The van der Waals surface area contributed by atoms with E-state index in [1.807, 2.05) is 24.0 Å². The highest BCUT2D eigenvalue weighted by Gasteiger charge is 2.45. The Labute approximate surface area is 153 Å². The second kappa shape index (κ2) is 6.70. The van der Waals surface area contributed by atoms with E-state index in [9.17, 15) is 14.4 Å². The van der Waals surface area contributed by atoms with Gasteiger partial charge in [0.1, 0.15) is 6.54 Å². The lowest BCUT2D eigenvalue weighted by Gasteiger charge is -2.41. The zero-order chi connectivity index (χ0) is 18.3. The summed E-state index contributed by atoms with van der Waals surface area (Å²) < 4.78 is 0. The summed E-state index contributed by atoms with van der Waals surface area (Å²) in [5.41, 5.74) is 0.929. The van der Waals surface area contributed by atoms with E-state index in [4.69, 9.17) is 0 Å². The lowest BCUT2D eigenvalue weighted by molar-refractivity contribution is -0.147. The summed E-state index contributed by atoms with van der Waals surface area (Å²) in [6.45, 7) is 3.05. The van der Waals surface area contributed by atoms with Crippen LogP contribution in [0.3, 0.4) is 0 Å². The summed E-state index contributed by atoms with van der Waals surface area (Å²) in [5.74, 6) is -0.215. The number of hydrogen-bond acceptors (Lipinski definition) is 4. The maximum Gasteiger partial charge on any atom is 0.243 e. The molecule has 2 saturated heterocycles. The molecule has 3 heterocycles. The van der Waals surface area contributed by atoms with Crippen molar-refractivity contribution in [2.45, 2.75) is 44.7 Å². The number of nitrogens with zero attached hydrogens (tertiary/aromatic N) is 4. The molecule has 0 spiro atoms. The molecular weight excluding hydrogens is 332 g/mol. The monoisotopic (exact) mass is 356 g/mol. The number of hydrogen-bond donors (Lipinski definition) is 0. The molecule has 2 aliphatic heterocycles. The Hall–Kier alpha value is -2.44. The van der Waals surface area contributed by atoms with Crippen LogP contribution >= 0.6 is 0 Å². The van der Waals surface area contributed by atoms with Crippen LogP contribution in [0.25, 0.3) is 0 Å². The third kappa shape index (κ3) is 2.95. The first-order valence-electron chi connectivity index (χ1n) is 9.37. The summed E-state index contributed by atoms with van der Waals surface area (Å²) >= 11 is 0. The Kier molecular flexibility index (Phi) is 4.38. The molecule has 3 amide bonds. The maximum absolute atomic E-state index is 13.3. The van der Waals surface area contributed by atoms with Crippen molar-refractivity contribution in [2.24, 2.45) is 5.92 Å². The minimum atomic E-state index is -0.318. The Balaban J connectivity index is 1.59. The molecule has 4 rings (SSSR count). The first-order valence-corrected chi connectivity index (χ1v) is 9.37. The van der Waals surface area contributed by atoms with Gasteiger partial charge in [0, 0.05) is 31.4 Å². The molecule has 0 aromatic carbocycles. The van der Waals surface area contributed by atoms with Gasteiger partial charge >= 0.3 is 0 Å². The second-order valence-corrected chi connectivity index (χ2v) is 7.32. The van der Waals surface area contributed by atoms with Crippen LogP contribution in [0, 0.1) is 5.92 Å². The summed E-state index contributed by atoms with van der Waals surface area (Å²) in [6.07, 6.45) is 6.36. The number of rotatable bonds is 4. The van der Waals surface area contributed by atoms with Crippen LogP contribution in [-0.2, 0) is 14.4 Å². The van der Waals surface area contributed by atoms with Gasteiger partial charge in [-0.05, 0) is 43.9 Å². The van der Waals surface area contributed by atoms with Crippen LogP contribution in [0.15, 0.2) is 24.5 Å². The highest BCUT2D eigenvalue weighted by molar-refractivity contribution is 5.91. The maximum atomic E-state index is 13.3. The van der Waals surface area contributed by atoms with Gasteiger partial charge in [-0.15, -0.1) is 0 Å². The Morgan fingerprint density at radius 3 is 2.54 bits per heavy atom. The number of carbonyl (C=O) groups excluding carboxylic acids is 3. The molecule has 1 aromatic heterocycles. The van der Waals surface area contributed by atoms with Crippen molar-refractivity contribution in [3.63, 3.8) is 0 Å².